The molecule has 2 aromatic carbocycles. The van der Waals surface area contributed by atoms with Gasteiger partial charge in [-0.05, 0) is 24.5 Å². The summed E-state index contributed by atoms with van der Waals surface area (Å²) in [6, 6.07) is 17.1. The number of carbonyl (C=O) groups excluding carboxylic acids is 3. The highest BCUT2D eigenvalue weighted by Gasteiger charge is 2.42. The molecule has 0 unspecified atom stereocenters. The SMILES string of the molecule is COCCCN1C(=O)/C(=C2/C(=O)N(CC(=O)NCCc3ccccc3)c3ccccc32)SC1=S. The van der Waals surface area contributed by atoms with Gasteiger partial charge in [0.25, 0.3) is 11.8 Å². The third-order valence-corrected chi connectivity index (χ3v) is 7.06. The summed E-state index contributed by atoms with van der Waals surface area (Å²) in [7, 11) is 1.60. The minimum absolute atomic E-state index is 0.123. The van der Waals surface area contributed by atoms with Gasteiger partial charge in [0.15, 0.2) is 0 Å². The molecule has 9 heteroatoms. The smallest absolute Gasteiger partial charge is 0.267 e. The number of rotatable bonds is 9. The maximum absolute atomic E-state index is 13.4. The van der Waals surface area contributed by atoms with Crippen molar-refractivity contribution in [2.75, 3.05) is 38.3 Å². The summed E-state index contributed by atoms with van der Waals surface area (Å²) < 4.78 is 5.49. The van der Waals surface area contributed by atoms with Gasteiger partial charge in [-0.15, -0.1) is 0 Å². The van der Waals surface area contributed by atoms with Crippen LogP contribution in [0.5, 0.6) is 0 Å². The van der Waals surface area contributed by atoms with Gasteiger partial charge in [-0.2, -0.15) is 0 Å². The molecule has 176 valence electrons. The van der Waals surface area contributed by atoms with Crippen LogP contribution in [0.4, 0.5) is 5.69 Å². The highest BCUT2D eigenvalue weighted by molar-refractivity contribution is 8.26. The van der Waals surface area contributed by atoms with E-state index in [9.17, 15) is 14.4 Å². The zero-order valence-electron chi connectivity index (χ0n) is 18.8. The average Bonchev–Trinajstić information content (AvgIpc) is 3.27. The summed E-state index contributed by atoms with van der Waals surface area (Å²) in [4.78, 5) is 42.5. The molecule has 7 nitrogen and oxygen atoms in total. The van der Waals surface area contributed by atoms with Crippen molar-refractivity contribution >= 4 is 57.3 Å². The first-order valence-electron chi connectivity index (χ1n) is 11.0. The quantitative estimate of drug-likeness (QED) is 0.327. The maximum Gasteiger partial charge on any atom is 0.267 e. The highest BCUT2D eigenvalue weighted by atomic mass is 32.2. The van der Waals surface area contributed by atoms with Gasteiger partial charge in [0, 0.05) is 32.4 Å². The third-order valence-electron chi connectivity index (χ3n) is 5.61. The number of amides is 3. The third kappa shape index (κ3) is 5.06. The van der Waals surface area contributed by atoms with Gasteiger partial charge in [0.1, 0.15) is 10.9 Å². The molecule has 0 spiro atoms. The Morgan fingerprint density at radius 1 is 1.03 bits per heavy atom. The first kappa shape index (κ1) is 24.1. The summed E-state index contributed by atoms with van der Waals surface area (Å²) in [5.41, 5.74) is 2.69. The number of anilines is 1. The van der Waals surface area contributed by atoms with Crippen molar-refractivity contribution in [3.05, 3.63) is 70.6 Å². The molecule has 0 atom stereocenters. The number of nitrogens with one attached hydrogen (secondary N) is 1. The van der Waals surface area contributed by atoms with Gasteiger partial charge in [-0.1, -0.05) is 72.5 Å². The van der Waals surface area contributed by atoms with E-state index in [4.69, 9.17) is 17.0 Å². The largest absolute Gasteiger partial charge is 0.385 e. The summed E-state index contributed by atoms with van der Waals surface area (Å²) in [6.45, 7) is 1.29. The number of ether oxygens (including phenoxy) is 1. The Kier molecular flexibility index (Phi) is 7.77. The first-order chi connectivity index (χ1) is 16.5. The van der Waals surface area contributed by atoms with E-state index in [1.165, 1.54) is 9.80 Å². The Labute approximate surface area is 208 Å². The fourth-order valence-corrected chi connectivity index (χ4v) is 5.34. The normalized spacial score (nSPS) is 17.5. The molecule has 0 saturated carbocycles. The van der Waals surface area contributed by atoms with Crippen molar-refractivity contribution in [3.8, 4) is 0 Å². The molecule has 1 saturated heterocycles. The predicted molar refractivity (Wildman–Crippen MR) is 137 cm³/mol. The van der Waals surface area contributed by atoms with Gasteiger partial charge in [0.05, 0.1) is 16.2 Å². The van der Waals surface area contributed by atoms with Crippen LogP contribution >= 0.6 is 24.0 Å². The standard InChI is InChI=1S/C25H25N3O4S2/c1-32-15-7-14-27-24(31)22(34-25(27)33)21-18-10-5-6-11-19(18)28(23(21)30)16-20(29)26-13-12-17-8-3-2-4-9-17/h2-6,8-11H,7,12-16H2,1H3,(H,26,29)/b22-21-. The number of hydrogen-bond acceptors (Lipinski definition) is 6. The lowest BCUT2D eigenvalue weighted by Crippen LogP contribution is -2.39. The fraction of sp³-hybridized carbons (Fsp3) is 0.280. The minimum Gasteiger partial charge on any atom is -0.385 e. The summed E-state index contributed by atoms with van der Waals surface area (Å²) in [6.07, 6.45) is 1.35. The number of carbonyl (C=O) groups is 3. The van der Waals surface area contributed by atoms with Crippen LogP contribution in [0.3, 0.4) is 0 Å². The second-order valence-electron chi connectivity index (χ2n) is 7.87. The lowest BCUT2D eigenvalue weighted by atomic mass is 10.1. The van der Waals surface area contributed by atoms with Crippen molar-refractivity contribution in [1.29, 1.82) is 0 Å². The number of hydrogen-bond donors (Lipinski definition) is 1. The Morgan fingerprint density at radius 2 is 1.76 bits per heavy atom. The molecule has 0 radical (unpaired) electrons. The van der Waals surface area contributed by atoms with Crippen LogP contribution in [-0.2, 0) is 25.5 Å². The zero-order valence-corrected chi connectivity index (χ0v) is 20.4. The molecule has 3 amide bonds. The van der Waals surface area contributed by atoms with Gasteiger partial charge in [-0.3, -0.25) is 24.2 Å². The van der Waals surface area contributed by atoms with E-state index in [0.29, 0.717) is 58.6 Å². The molecule has 4 rings (SSSR count). The monoisotopic (exact) mass is 495 g/mol. The number of benzene rings is 2. The van der Waals surface area contributed by atoms with Crippen LogP contribution in [0.1, 0.15) is 17.5 Å². The van der Waals surface area contributed by atoms with Gasteiger partial charge in [-0.25, -0.2) is 0 Å². The molecule has 0 aliphatic carbocycles. The van der Waals surface area contributed by atoms with Crippen LogP contribution in [-0.4, -0.2) is 60.3 Å². The van der Waals surface area contributed by atoms with Crippen LogP contribution in [0.25, 0.3) is 5.57 Å². The molecule has 2 heterocycles. The van der Waals surface area contributed by atoms with E-state index in [1.54, 1.807) is 19.2 Å². The maximum atomic E-state index is 13.4. The van der Waals surface area contributed by atoms with Crippen molar-refractivity contribution in [2.24, 2.45) is 0 Å². The molecule has 34 heavy (non-hydrogen) atoms. The molecular weight excluding hydrogens is 470 g/mol. The Bertz CT molecular complexity index is 1150. The number of para-hydroxylation sites is 1. The van der Waals surface area contributed by atoms with Crippen molar-refractivity contribution in [3.63, 3.8) is 0 Å². The van der Waals surface area contributed by atoms with Crippen molar-refractivity contribution < 1.29 is 19.1 Å². The zero-order chi connectivity index (χ0) is 24.1. The van der Waals surface area contributed by atoms with E-state index >= 15 is 0 Å². The van der Waals surface area contributed by atoms with Crippen LogP contribution in [0, 0.1) is 0 Å². The summed E-state index contributed by atoms with van der Waals surface area (Å²) in [5, 5.41) is 2.88. The molecular formula is C25H25N3O4S2. The van der Waals surface area contributed by atoms with Crippen molar-refractivity contribution in [1.82, 2.24) is 10.2 Å². The topological polar surface area (TPSA) is 79.0 Å². The summed E-state index contributed by atoms with van der Waals surface area (Å²) in [5.74, 6) is -0.900. The first-order valence-corrected chi connectivity index (χ1v) is 12.2. The van der Waals surface area contributed by atoms with Gasteiger partial charge < -0.3 is 10.1 Å². The average molecular weight is 496 g/mol. The van der Waals surface area contributed by atoms with E-state index in [-0.39, 0.29) is 24.3 Å². The van der Waals surface area contributed by atoms with Gasteiger partial charge >= 0.3 is 0 Å². The van der Waals surface area contributed by atoms with Crippen LogP contribution in [0.15, 0.2) is 59.5 Å². The molecule has 0 bridgehead atoms. The van der Waals surface area contributed by atoms with Gasteiger partial charge in [0.2, 0.25) is 5.91 Å². The number of nitrogens with zero attached hydrogens (tertiary/aromatic N) is 2. The van der Waals surface area contributed by atoms with E-state index in [1.807, 2.05) is 42.5 Å². The highest BCUT2D eigenvalue weighted by Crippen LogP contribution is 2.44. The predicted octanol–water partition coefficient (Wildman–Crippen LogP) is 3.00. The molecule has 0 aromatic heterocycles. The summed E-state index contributed by atoms with van der Waals surface area (Å²) >= 11 is 6.54. The Balaban J connectivity index is 1.50. The number of thiocarbonyl (C=S) groups is 1. The molecule has 2 aliphatic rings. The Morgan fingerprint density at radius 3 is 2.53 bits per heavy atom. The second-order valence-corrected chi connectivity index (χ2v) is 9.51. The number of thioether (sulfide) groups is 1. The Hall–Kier alpha value is -3.01. The van der Waals surface area contributed by atoms with Crippen LogP contribution < -0.4 is 10.2 Å². The van der Waals surface area contributed by atoms with Crippen LogP contribution in [0.2, 0.25) is 0 Å². The lowest BCUT2D eigenvalue weighted by Gasteiger charge is -2.17. The molecule has 2 aromatic rings. The number of methoxy groups -OCH3 is 1. The van der Waals surface area contributed by atoms with E-state index in [2.05, 4.69) is 5.32 Å². The number of fused-ring (bicyclic) bond motifs is 1. The van der Waals surface area contributed by atoms with E-state index in [0.717, 1.165) is 17.3 Å². The lowest BCUT2D eigenvalue weighted by molar-refractivity contribution is -0.122. The fourth-order valence-electron chi connectivity index (χ4n) is 3.96. The molecule has 1 N–H and O–H groups in total. The molecule has 2 aliphatic heterocycles. The molecule has 1 fully saturated rings. The van der Waals surface area contributed by atoms with Crippen molar-refractivity contribution in [2.45, 2.75) is 12.8 Å². The minimum atomic E-state index is -0.364. The second kappa shape index (κ2) is 10.9. The van der Waals surface area contributed by atoms with E-state index < -0.39 is 0 Å².